The number of piperidine rings is 1. The third-order valence-corrected chi connectivity index (χ3v) is 3.67. The van der Waals surface area contributed by atoms with Crippen LogP contribution in [0.2, 0.25) is 0 Å². The highest BCUT2D eigenvalue weighted by atomic mass is 16.5. The van der Waals surface area contributed by atoms with Crippen molar-refractivity contribution in [2.45, 2.75) is 24.9 Å². The molecule has 1 aromatic rings. The summed E-state index contributed by atoms with van der Waals surface area (Å²) < 4.78 is 10.4. The first-order valence-corrected chi connectivity index (χ1v) is 7.03. The molecule has 2 unspecified atom stereocenters. The lowest BCUT2D eigenvalue weighted by atomic mass is 10.0. The van der Waals surface area contributed by atoms with E-state index in [0.29, 0.717) is 31.0 Å². The Hall–Kier alpha value is -1.79. The summed E-state index contributed by atoms with van der Waals surface area (Å²) in [4.78, 5) is 14.1. The minimum Gasteiger partial charge on any atom is -0.493 e. The molecule has 1 aliphatic rings. The van der Waals surface area contributed by atoms with Crippen molar-refractivity contribution in [2.24, 2.45) is 11.5 Å². The van der Waals surface area contributed by atoms with Gasteiger partial charge in [-0.15, -0.1) is 0 Å². The van der Waals surface area contributed by atoms with E-state index >= 15 is 0 Å². The number of nitrogens with two attached hydrogens (primary N) is 2. The zero-order valence-electron chi connectivity index (χ0n) is 12.5. The maximum absolute atomic E-state index is 12.4. The van der Waals surface area contributed by atoms with Crippen LogP contribution in [0, 0.1) is 0 Å². The fraction of sp³-hybridized carbons (Fsp3) is 0.533. The van der Waals surface area contributed by atoms with Crippen LogP contribution in [0.15, 0.2) is 18.2 Å². The third-order valence-electron chi connectivity index (χ3n) is 3.67. The van der Waals surface area contributed by atoms with Gasteiger partial charge in [0.2, 0.25) is 5.91 Å². The van der Waals surface area contributed by atoms with Crippen molar-refractivity contribution in [2.75, 3.05) is 27.3 Å². The monoisotopic (exact) mass is 293 g/mol. The zero-order valence-corrected chi connectivity index (χ0v) is 12.5. The number of hydrogen-bond donors (Lipinski definition) is 2. The quantitative estimate of drug-likeness (QED) is 0.823. The highest BCUT2D eigenvalue weighted by Gasteiger charge is 2.26. The molecule has 4 N–H and O–H groups in total. The van der Waals surface area contributed by atoms with Crippen LogP contribution in [0.1, 0.15) is 12.0 Å². The van der Waals surface area contributed by atoms with Gasteiger partial charge in [-0.3, -0.25) is 4.79 Å². The summed E-state index contributed by atoms with van der Waals surface area (Å²) in [5.41, 5.74) is 12.7. The van der Waals surface area contributed by atoms with Gasteiger partial charge in [-0.1, -0.05) is 6.07 Å². The van der Waals surface area contributed by atoms with E-state index in [9.17, 15) is 4.79 Å². The van der Waals surface area contributed by atoms with E-state index in [1.807, 2.05) is 12.1 Å². The van der Waals surface area contributed by atoms with Crippen LogP contribution in [-0.4, -0.2) is 50.2 Å². The Morgan fingerprint density at radius 2 is 1.81 bits per heavy atom. The molecule has 0 radical (unpaired) electrons. The first kappa shape index (κ1) is 15.6. The SMILES string of the molecule is COc1ccc(CC(=O)N2CC(N)CC(N)C2)cc1OC. The Kier molecular flexibility index (Phi) is 5.03. The number of methoxy groups -OCH3 is 2. The fourth-order valence-corrected chi connectivity index (χ4v) is 2.66. The molecule has 2 atom stereocenters. The highest BCUT2D eigenvalue weighted by Crippen LogP contribution is 2.28. The minimum atomic E-state index is -0.0388. The lowest BCUT2D eigenvalue weighted by molar-refractivity contribution is -0.131. The lowest BCUT2D eigenvalue weighted by Crippen LogP contribution is -2.54. The third kappa shape index (κ3) is 3.86. The standard InChI is InChI=1S/C15H23N3O3/c1-20-13-4-3-10(5-14(13)21-2)6-15(19)18-8-11(16)7-12(17)9-18/h3-5,11-12H,6-9,16-17H2,1-2H3. The summed E-state index contributed by atoms with van der Waals surface area (Å²) >= 11 is 0. The van der Waals surface area contributed by atoms with E-state index in [-0.39, 0.29) is 18.0 Å². The van der Waals surface area contributed by atoms with Crippen LogP contribution in [0.25, 0.3) is 0 Å². The van der Waals surface area contributed by atoms with Crippen molar-refractivity contribution < 1.29 is 14.3 Å². The number of hydrogen-bond acceptors (Lipinski definition) is 5. The van der Waals surface area contributed by atoms with Gasteiger partial charge in [0.05, 0.1) is 20.6 Å². The molecule has 0 saturated carbocycles. The number of benzene rings is 1. The molecule has 1 aliphatic heterocycles. The maximum Gasteiger partial charge on any atom is 0.227 e. The van der Waals surface area contributed by atoms with E-state index in [1.165, 1.54) is 0 Å². The molecule has 116 valence electrons. The molecular formula is C15H23N3O3. The van der Waals surface area contributed by atoms with Gasteiger partial charge in [0, 0.05) is 25.2 Å². The predicted octanol–water partition coefficient (Wildman–Crippen LogP) is 0.133. The van der Waals surface area contributed by atoms with Gasteiger partial charge in [-0.05, 0) is 24.1 Å². The van der Waals surface area contributed by atoms with Gasteiger partial charge in [0.1, 0.15) is 0 Å². The molecule has 6 nitrogen and oxygen atoms in total. The van der Waals surface area contributed by atoms with Crippen LogP contribution >= 0.6 is 0 Å². The van der Waals surface area contributed by atoms with Crippen molar-refractivity contribution in [3.63, 3.8) is 0 Å². The summed E-state index contributed by atoms with van der Waals surface area (Å²) in [5, 5.41) is 0. The van der Waals surface area contributed by atoms with Gasteiger partial charge >= 0.3 is 0 Å². The fourth-order valence-electron chi connectivity index (χ4n) is 2.66. The number of ether oxygens (including phenoxy) is 2. The Balaban J connectivity index is 2.05. The van der Waals surface area contributed by atoms with Crippen LogP contribution in [-0.2, 0) is 11.2 Å². The van der Waals surface area contributed by atoms with Gasteiger partial charge in [-0.25, -0.2) is 0 Å². The Morgan fingerprint density at radius 1 is 1.19 bits per heavy atom. The van der Waals surface area contributed by atoms with Crippen molar-refractivity contribution in [3.05, 3.63) is 23.8 Å². The van der Waals surface area contributed by atoms with Crippen LogP contribution in [0.5, 0.6) is 11.5 Å². The second-order valence-corrected chi connectivity index (χ2v) is 5.42. The van der Waals surface area contributed by atoms with Crippen molar-refractivity contribution in [3.8, 4) is 11.5 Å². The molecule has 1 aromatic carbocycles. The molecule has 0 bridgehead atoms. The maximum atomic E-state index is 12.4. The molecule has 6 heteroatoms. The summed E-state index contributed by atoms with van der Waals surface area (Å²) in [5.74, 6) is 1.30. The van der Waals surface area contributed by atoms with Crippen molar-refractivity contribution in [1.29, 1.82) is 0 Å². The number of nitrogens with zero attached hydrogens (tertiary/aromatic N) is 1. The molecule has 1 fully saturated rings. The van der Waals surface area contributed by atoms with E-state index < -0.39 is 0 Å². The molecule has 0 aliphatic carbocycles. The number of carbonyl (C=O) groups is 1. The van der Waals surface area contributed by atoms with Gasteiger partial charge in [0.25, 0.3) is 0 Å². The van der Waals surface area contributed by atoms with Gasteiger partial charge in [-0.2, -0.15) is 0 Å². The van der Waals surface area contributed by atoms with Crippen LogP contribution in [0.3, 0.4) is 0 Å². The number of likely N-dealkylation sites (tertiary alicyclic amines) is 1. The highest BCUT2D eigenvalue weighted by molar-refractivity contribution is 5.79. The van der Waals surface area contributed by atoms with Gasteiger partial charge in [0.15, 0.2) is 11.5 Å². The number of rotatable bonds is 4. The second kappa shape index (κ2) is 6.78. The first-order valence-electron chi connectivity index (χ1n) is 7.03. The number of carbonyl (C=O) groups excluding carboxylic acids is 1. The Labute approximate surface area is 125 Å². The summed E-state index contributed by atoms with van der Waals surface area (Å²) in [6.45, 7) is 1.14. The van der Waals surface area contributed by atoms with E-state index in [2.05, 4.69) is 0 Å². The summed E-state index contributed by atoms with van der Waals surface area (Å²) in [6, 6.07) is 5.41. The normalized spacial score (nSPS) is 22.0. The molecule has 1 saturated heterocycles. The molecule has 0 spiro atoms. The molecule has 2 rings (SSSR count). The molecular weight excluding hydrogens is 270 g/mol. The average Bonchev–Trinajstić information content (AvgIpc) is 2.46. The smallest absolute Gasteiger partial charge is 0.227 e. The van der Waals surface area contributed by atoms with Gasteiger partial charge < -0.3 is 25.8 Å². The molecule has 21 heavy (non-hydrogen) atoms. The molecule has 0 aromatic heterocycles. The second-order valence-electron chi connectivity index (χ2n) is 5.42. The Bertz CT molecular complexity index is 497. The summed E-state index contributed by atoms with van der Waals surface area (Å²) in [7, 11) is 3.16. The summed E-state index contributed by atoms with van der Waals surface area (Å²) in [6.07, 6.45) is 1.07. The molecule has 1 amide bonds. The van der Waals surface area contributed by atoms with Crippen molar-refractivity contribution in [1.82, 2.24) is 4.90 Å². The topological polar surface area (TPSA) is 90.8 Å². The van der Waals surface area contributed by atoms with E-state index in [4.69, 9.17) is 20.9 Å². The predicted molar refractivity (Wildman–Crippen MR) is 80.4 cm³/mol. The Morgan fingerprint density at radius 3 is 2.38 bits per heavy atom. The minimum absolute atomic E-state index is 0.0350. The van der Waals surface area contributed by atoms with E-state index in [1.54, 1.807) is 25.2 Å². The van der Waals surface area contributed by atoms with Crippen molar-refractivity contribution >= 4 is 5.91 Å². The van der Waals surface area contributed by atoms with Crippen LogP contribution in [0.4, 0.5) is 0 Å². The first-order chi connectivity index (χ1) is 10.0. The zero-order chi connectivity index (χ0) is 15.4. The lowest BCUT2D eigenvalue weighted by Gasteiger charge is -2.34. The largest absolute Gasteiger partial charge is 0.493 e. The molecule has 1 heterocycles. The number of amides is 1. The van der Waals surface area contributed by atoms with Crippen LogP contribution < -0.4 is 20.9 Å². The average molecular weight is 293 g/mol. The van der Waals surface area contributed by atoms with E-state index in [0.717, 1.165) is 12.0 Å².